The lowest BCUT2D eigenvalue weighted by molar-refractivity contribution is -0.385. The summed E-state index contributed by atoms with van der Waals surface area (Å²) in [5, 5.41) is 24.2. The molecular formula is C13H20N2O3S. The first-order valence-electron chi connectivity index (χ1n) is 6.05. The second kappa shape index (κ2) is 6.88. The zero-order valence-corrected chi connectivity index (χ0v) is 12.2. The molecule has 0 heterocycles. The van der Waals surface area contributed by atoms with Crippen molar-refractivity contribution in [2.75, 3.05) is 18.6 Å². The van der Waals surface area contributed by atoms with E-state index >= 15 is 0 Å². The first kappa shape index (κ1) is 15.9. The minimum Gasteiger partial charge on any atom is -0.388 e. The van der Waals surface area contributed by atoms with Gasteiger partial charge in [-0.15, -0.1) is 0 Å². The lowest BCUT2D eigenvalue weighted by atomic mass is 10.0. The summed E-state index contributed by atoms with van der Waals surface area (Å²) >= 11 is 1.57. The molecule has 0 aromatic heterocycles. The number of nitro groups is 1. The summed E-state index contributed by atoms with van der Waals surface area (Å²) in [6.07, 6.45) is 1.93. The number of thioether (sulfide) groups is 1. The fraction of sp³-hybridized carbons (Fsp3) is 0.538. The molecule has 0 radical (unpaired) electrons. The molecule has 0 saturated heterocycles. The molecule has 2 N–H and O–H groups in total. The number of rotatable bonds is 7. The van der Waals surface area contributed by atoms with Crippen LogP contribution >= 0.6 is 11.8 Å². The van der Waals surface area contributed by atoms with Gasteiger partial charge in [-0.05, 0) is 20.1 Å². The molecule has 2 atom stereocenters. The van der Waals surface area contributed by atoms with Crippen LogP contribution in [0.4, 0.5) is 5.69 Å². The highest BCUT2D eigenvalue weighted by atomic mass is 32.2. The van der Waals surface area contributed by atoms with E-state index in [1.165, 1.54) is 6.07 Å². The smallest absolute Gasteiger partial charge is 0.274 e. The van der Waals surface area contributed by atoms with Gasteiger partial charge in [0.15, 0.2) is 0 Å². The lowest BCUT2D eigenvalue weighted by Gasteiger charge is -2.25. The number of para-hydroxylation sites is 1. The summed E-state index contributed by atoms with van der Waals surface area (Å²) in [5.74, 6) is 0.615. The van der Waals surface area contributed by atoms with Gasteiger partial charge < -0.3 is 10.4 Å². The minimum atomic E-state index is -0.822. The van der Waals surface area contributed by atoms with Gasteiger partial charge in [0.25, 0.3) is 5.69 Å². The SMILES string of the molecule is CSCC(C)(O)CNC(C)c1ccccc1[N+](=O)[O-]. The molecule has 1 rings (SSSR count). The Balaban J connectivity index is 2.74. The average Bonchev–Trinajstić information content (AvgIpc) is 2.36. The zero-order valence-electron chi connectivity index (χ0n) is 11.4. The van der Waals surface area contributed by atoms with Crippen molar-refractivity contribution in [3.05, 3.63) is 39.9 Å². The van der Waals surface area contributed by atoms with E-state index in [2.05, 4.69) is 5.32 Å². The Bertz CT molecular complexity index is 438. The first-order valence-corrected chi connectivity index (χ1v) is 7.45. The minimum absolute atomic E-state index is 0.104. The van der Waals surface area contributed by atoms with E-state index in [1.807, 2.05) is 13.2 Å². The maximum absolute atomic E-state index is 11.0. The third-order valence-electron chi connectivity index (χ3n) is 2.84. The van der Waals surface area contributed by atoms with Crippen molar-refractivity contribution in [2.24, 2.45) is 0 Å². The Kier molecular flexibility index (Phi) is 5.78. The van der Waals surface area contributed by atoms with Crippen molar-refractivity contribution < 1.29 is 10.0 Å². The summed E-state index contributed by atoms with van der Waals surface area (Å²) < 4.78 is 0. The van der Waals surface area contributed by atoms with Crippen molar-refractivity contribution in [3.8, 4) is 0 Å². The van der Waals surface area contributed by atoms with Crippen LogP contribution in [-0.4, -0.2) is 34.2 Å². The lowest BCUT2D eigenvalue weighted by Crippen LogP contribution is -2.41. The van der Waals surface area contributed by atoms with Crippen LogP contribution in [0.3, 0.4) is 0 Å². The number of aliphatic hydroxyl groups is 1. The number of hydrogen-bond donors (Lipinski definition) is 2. The third kappa shape index (κ3) is 4.81. The maximum Gasteiger partial charge on any atom is 0.274 e. The van der Waals surface area contributed by atoms with Crippen molar-refractivity contribution in [1.29, 1.82) is 0 Å². The van der Waals surface area contributed by atoms with Gasteiger partial charge in [-0.2, -0.15) is 11.8 Å². The number of nitrogens with one attached hydrogen (secondary N) is 1. The van der Waals surface area contributed by atoms with Gasteiger partial charge in [0.1, 0.15) is 0 Å². The summed E-state index contributed by atoms with van der Waals surface area (Å²) in [6, 6.07) is 6.47. The molecule has 0 fully saturated rings. The van der Waals surface area contributed by atoms with Gasteiger partial charge in [0, 0.05) is 30.0 Å². The van der Waals surface area contributed by atoms with Crippen LogP contribution in [0.2, 0.25) is 0 Å². The molecule has 5 nitrogen and oxygen atoms in total. The molecule has 1 aromatic carbocycles. The molecule has 0 aliphatic heterocycles. The van der Waals surface area contributed by atoms with Gasteiger partial charge in [-0.1, -0.05) is 18.2 Å². The van der Waals surface area contributed by atoms with Gasteiger partial charge in [0.05, 0.1) is 10.5 Å². The maximum atomic E-state index is 11.0. The number of nitro benzene ring substituents is 1. The Morgan fingerprint density at radius 2 is 2.16 bits per heavy atom. The monoisotopic (exact) mass is 284 g/mol. The molecule has 1 aromatic rings. The number of nitrogens with zero attached hydrogens (tertiary/aromatic N) is 1. The number of benzene rings is 1. The van der Waals surface area contributed by atoms with E-state index < -0.39 is 5.60 Å². The van der Waals surface area contributed by atoms with Gasteiger partial charge >= 0.3 is 0 Å². The highest BCUT2D eigenvalue weighted by Crippen LogP contribution is 2.24. The summed E-state index contributed by atoms with van der Waals surface area (Å²) in [6.45, 7) is 4.00. The average molecular weight is 284 g/mol. The van der Waals surface area contributed by atoms with Crippen LogP contribution in [0, 0.1) is 10.1 Å². The summed E-state index contributed by atoms with van der Waals surface area (Å²) in [5.41, 5.74) is -0.0866. The van der Waals surface area contributed by atoms with Crippen LogP contribution in [0.1, 0.15) is 25.5 Å². The van der Waals surface area contributed by atoms with E-state index in [4.69, 9.17) is 0 Å². The second-order valence-corrected chi connectivity index (χ2v) is 5.71. The van der Waals surface area contributed by atoms with Crippen molar-refractivity contribution in [1.82, 2.24) is 5.32 Å². The molecule has 0 bridgehead atoms. The molecule has 0 aliphatic rings. The fourth-order valence-corrected chi connectivity index (χ4v) is 2.59. The number of hydrogen-bond acceptors (Lipinski definition) is 5. The van der Waals surface area contributed by atoms with E-state index in [9.17, 15) is 15.2 Å². The predicted molar refractivity (Wildman–Crippen MR) is 78.5 cm³/mol. The van der Waals surface area contributed by atoms with Gasteiger partial charge in [-0.3, -0.25) is 10.1 Å². The first-order chi connectivity index (χ1) is 8.87. The molecule has 6 heteroatoms. The van der Waals surface area contributed by atoms with E-state index in [0.29, 0.717) is 17.9 Å². The Morgan fingerprint density at radius 1 is 1.53 bits per heavy atom. The van der Waals surface area contributed by atoms with E-state index in [0.717, 1.165) is 0 Å². The third-order valence-corrected chi connectivity index (χ3v) is 3.75. The van der Waals surface area contributed by atoms with Crippen molar-refractivity contribution >= 4 is 17.4 Å². The van der Waals surface area contributed by atoms with E-state index in [-0.39, 0.29) is 16.7 Å². The van der Waals surface area contributed by atoms with E-state index in [1.54, 1.807) is 36.9 Å². The Hall–Kier alpha value is -1.11. The van der Waals surface area contributed by atoms with Crippen LogP contribution in [0.5, 0.6) is 0 Å². The van der Waals surface area contributed by atoms with Crippen molar-refractivity contribution in [2.45, 2.75) is 25.5 Å². The van der Waals surface area contributed by atoms with Crippen molar-refractivity contribution in [3.63, 3.8) is 0 Å². The topological polar surface area (TPSA) is 75.4 Å². The zero-order chi connectivity index (χ0) is 14.5. The Morgan fingerprint density at radius 3 is 2.74 bits per heavy atom. The molecule has 0 spiro atoms. The Labute approximate surface area is 117 Å². The molecular weight excluding hydrogens is 264 g/mol. The van der Waals surface area contributed by atoms with Crippen LogP contribution in [0.25, 0.3) is 0 Å². The van der Waals surface area contributed by atoms with Crippen LogP contribution in [-0.2, 0) is 0 Å². The van der Waals surface area contributed by atoms with Crippen LogP contribution in [0.15, 0.2) is 24.3 Å². The summed E-state index contributed by atoms with van der Waals surface area (Å²) in [4.78, 5) is 10.6. The molecule has 0 aliphatic carbocycles. The highest BCUT2D eigenvalue weighted by molar-refractivity contribution is 7.98. The molecule has 106 valence electrons. The highest BCUT2D eigenvalue weighted by Gasteiger charge is 2.23. The molecule has 2 unspecified atom stereocenters. The van der Waals surface area contributed by atoms with Gasteiger partial charge in [0.2, 0.25) is 0 Å². The van der Waals surface area contributed by atoms with Crippen LogP contribution < -0.4 is 5.32 Å². The standard InChI is InChI=1S/C13H20N2O3S/c1-10(14-8-13(2,16)9-19-3)11-6-4-5-7-12(11)15(17)18/h4-7,10,14,16H,8-9H2,1-3H3. The predicted octanol–water partition coefficient (Wildman–Crippen LogP) is 2.36. The molecule has 0 saturated carbocycles. The normalized spacial score (nSPS) is 15.8. The largest absolute Gasteiger partial charge is 0.388 e. The van der Waals surface area contributed by atoms with Gasteiger partial charge in [-0.25, -0.2) is 0 Å². The molecule has 0 amide bonds. The second-order valence-electron chi connectivity index (χ2n) is 4.85. The fourth-order valence-electron chi connectivity index (χ4n) is 1.86. The summed E-state index contributed by atoms with van der Waals surface area (Å²) in [7, 11) is 0. The quantitative estimate of drug-likeness (QED) is 0.594. The molecule has 19 heavy (non-hydrogen) atoms.